The molecule has 0 radical (unpaired) electrons. The van der Waals surface area contributed by atoms with Gasteiger partial charge in [0.25, 0.3) is 0 Å². The molecule has 2 aromatic carbocycles. The van der Waals surface area contributed by atoms with Crippen LogP contribution >= 0.6 is 23.2 Å². The molecule has 0 aliphatic rings. The van der Waals surface area contributed by atoms with Gasteiger partial charge in [0.2, 0.25) is 21.8 Å². The first-order valence-electron chi connectivity index (χ1n) is 10.1. The zero-order valence-corrected chi connectivity index (χ0v) is 20.5. The van der Waals surface area contributed by atoms with Crippen LogP contribution in [0.3, 0.4) is 0 Å². The first kappa shape index (κ1) is 26.0. The van der Waals surface area contributed by atoms with E-state index < -0.39 is 28.5 Å². The largest absolute Gasteiger partial charge is 0.355 e. The van der Waals surface area contributed by atoms with E-state index in [0.717, 1.165) is 16.1 Å². The minimum atomic E-state index is -3.85. The highest BCUT2D eigenvalue weighted by Crippen LogP contribution is 2.27. The molecule has 0 unspecified atom stereocenters. The van der Waals surface area contributed by atoms with Crippen molar-refractivity contribution < 1.29 is 18.0 Å². The fraction of sp³-hybridized carbons (Fsp3) is 0.364. The van der Waals surface area contributed by atoms with Crippen molar-refractivity contribution >= 4 is 50.7 Å². The summed E-state index contributed by atoms with van der Waals surface area (Å²) < 4.78 is 26.0. The number of anilines is 1. The van der Waals surface area contributed by atoms with E-state index >= 15 is 0 Å². The van der Waals surface area contributed by atoms with Gasteiger partial charge in [0.1, 0.15) is 12.6 Å². The second kappa shape index (κ2) is 11.5. The Kier molecular flexibility index (Phi) is 9.36. The molecule has 7 nitrogen and oxygen atoms in total. The van der Waals surface area contributed by atoms with Gasteiger partial charge < -0.3 is 10.2 Å². The van der Waals surface area contributed by atoms with Crippen molar-refractivity contribution in [1.82, 2.24) is 10.2 Å². The molecule has 174 valence electrons. The monoisotopic (exact) mass is 499 g/mol. The quantitative estimate of drug-likeness (QED) is 0.539. The highest BCUT2D eigenvalue weighted by molar-refractivity contribution is 7.92. The molecule has 2 rings (SSSR count). The zero-order chi connectivity index (χ0) is 23.9. The third-order valence-corrected chi connectivity index (χ3v) is 6.32. The average Bonchev–Trinajstić information content (AvgIpc) is 2.71. The molecule has 2 aromatic rings. The Bertz CT molecular complexity index is 1030. The molecule has 0 saturated heterocycles. The Hall–Kier alpha value is -2.29. The Morgan fingerprint density at radius 3 is 2.12 bits per heavy atom. The third kappa shape index (κ3) is 7.12. The van der Waals surface area contributed by atoms with Gasteiger partial charge in [0.05, 0.1) is 11.9 Å². The normalized spacial score (nSPS) is 12.2. The van der Waals surface area contributed by atoms with Crippen molar-refractivity contribution in [2.45, 2.75) is 32.9 Å². The smallest absolute Gasteiger partial charge is 0.244 e. The number of halogens is 2. The van der Waals surface area contributed by atoms with Crippen molar-refractivity contribution in [1.29, 1.82) is 0 Å². The summed E-state index contributed by atoms with van der Waals surface area (Å²) in [6.07, 6.45) is 1.37. The molecule has 0 aliphatic heterocycles. The van der Waals surface area contributed by atoms with Crippen LogP contribution in [0.1, 0.15) is 25.8 Å². The van der Waals surface area contributed by atoms with E-state index in [2.05, 4.69) is 5.32 Å². The van der Waals surface area contributed by atoms with Crippen LogP contribution in [0.5, 0.6) is 0 Å². The maximum absolute atomic E-state index is 13.4. The number of likely N-dealkylation sites (N-methyl/N-ethyl adjacent to an activating group) is 1. The predicted octanol–water partition coefficient (Wildman–Crippen LogP) is 3.70. The lowest BCUT2D eigenvalue weighted by atomic mass is 10.1. The van der Waals surface area contributed by atoms with Gasteiger partial charge in [-0.25, -0.2) is 8.42 Å². The summed E-state index contributed by atoms with van der Waals surface area (Å²) in [4.78, 5) is 27.5. The zero-order valence-electron chi connectivity index (χ0n) is 18.2. The van der Waals surface area contributed by atoms with Crippen molar-refractivity contribution in [2.24, 2.45) is 0 Å². The molecule has 1 atom stereocenters. The van der Waals surface area contributed by atoms with Crippen LogP contribution in [-0.2, 0) is 26.2 Å². The lowest BCUT2D eigenvalue weighted by Crippen LogP contribution is -2.52. The van der Waals surface area contributed by atoms with Crippen LogP contribution in [0, 0.1) is 0 Å². The fourth-order valence-electron chi connectivity index (χ4n) is 3.29. The van der Waals surface area contributed by atoms with E-state index in [1.54, 1.807) is 13.8 Å². The van der Waals surface area contributed by atoms with E-state index in [-0.39, 0.29) is 28.2 Å². The lowest BCUT2D eigenvalue weighted by molar-refractivity contribution is -0.140. The van der Waals surface area contributed by atoms with Crippen LogP contribution in [0.2, 0.25) is 10.0 Å². The number of rotatable bonds is 10. The van der Waals surface area contributed by atoms with Gasteiger partial charge in [0, 0.05) is 23.1 Å². The minimum absolute atomic E-state index is 0.156. The maximum Gasteiger partial charge on any atom is 0.244 e. The second-order valence-corrected chi connectivity index (χ2v) is 10.0. The van der Waals surface area contributed by atoms with Gasteiger partial charge in [-0.3, -0.25) is 13.9 Å². The number of hydrogen-bond donors (Lipinski definition) is 1. The average molecular weight is 500 g/mol. The predicted molar refractivity (Wildman–Crippen MR) is 128 cm³/mol. The van der Waals surface area contributed by atoms with Gasteiger partial charge in [-0.1, -0.05) is 60.5 Å². The van der Waals surface area contributed by atoms with Crippen LogP contribution in [0.25, 0.3) is 0 Å². The van der Waals surface area contributed by atoms with E-state index in [9.17, 15) is 18.0 Å². The molecular weight excluding hydrogens is 473 g/mol. The number of carbonyl (C=O) groups is 2. The van der Waals surface area contributed by atoms with Crippen LogP contribution < -0.4 is 9.62 Å². The Morgan fingerprint density at radius 2 is 1.62 bits per heavy atom. The Labute approximate surface area is 199 Å². The molecule has 0 fully saturated rings. The number of nitrogens with one attached hydrogen (secondary N) is 1. The number of amides is 2. The Morgan fingerprint density at radius 1 is 1.03 bits per heavy atom. The van der Waals surface area contributed by atoms with E-state index in [4.69, 9.17) is 23.2 Å². The van der Waals surface area contributed by atoms with Crippen LogP contribution in [0.15, 0.2) is 48.5 Å². The van der Waals surface area contributed by atoms with Gasteiger partial charge in [-0.2, -0.15) is 0 Å². The molecule has 0 bridgehead atoms. The summed E-state index contributed by atoms with van der Waals surface area (Å²) in [5, 5.41) is 3.23. The minimum Gasteiger partial charge on any atom is -0.355 e. The summed E-state index contributed by atoms with van der Waals surface area (Å²) in [7, 11) is -3.85. The van der Waals surface area contributed by atoms with Gasteiger partial charge in [-0.05, 0) is 37.1 Å². The molecule has 0 heterocycles. The summed E-state index contributed by atoms with van der Waals surface area (Å²) in [5.41, 5.74) is 0.990. The maximum atomic E-state index is 13.4. The second-order valence-electron chi connectivity index (χ2n) is 7.22. The first-order valence-corrected chi connectivity index (χ1v) is 12.7. The molecule has 0 aliphatic carbocycles. The van der Waals surface area contributed by atoms with Crippen molar-refractivity contribution in [2.75, 3.05) is 23.7 Å². The molecule has 0 saturated carbocycles. The summed E-state index contributed by atoms with van der Waals surface area (Å²) in [5.74, 6) is -0.815. The third-order valence-electron chi connectivity index (χ3n) is 4.75. The van der Waals surface area contributed by atoms with Crippen molar-refractivity contribution in [3.8, 4) is 0 Å². The molecule has 2 amide bonds. The number of nitrogens with zero attached hydrogens (tertiary/aromatic N) is 2. The molecule has 1 N–H and O–H groups in total. The summed E-state index contributed by atoms with van der Waals surface area (Å²) >= 11 is 12.1. The topological polar surface area (TPSA) is 86.8 Å². The molecular formula is C22H27Cl2N3O4S. The van der Waals surface area contributed by atoms with Crippen LogP contribution in [0.4, 0.5) is 5.69 Å². The number of sulfonamides is 1. The van der Waals surface area contributed by atoms with E-state index in [1.165, 1.54) is 23.1 Å². The summed E-state index contributed by atoms with van der Waals surface area (Å²) in [6, 6.07) is 12.8. The Balaban J connectivity index is 2.44. The standard InChI is InChI=1S/C22H27Cl2N3O4S/c1-4-20(22(29)25-5-2)26(14-16-9-7-6-8-10-16)21(28)15-27(32(3,30)31)19-12-17(23)11-18(24)13-19/h6-13,20H,4-5,14-15H2,1-3H3,(H,25,29)/t20-/m1/s1. The first-order chi connectivity index (χ1) is 15.1. The van der Waals surface area contributed by atoms with Crippen LogP contribution in [-0.4, -0.2) is 50.5 Å². The van der Waals surface area contributed by atoms with Crippen molar-refractivity contribution in [3.63, 3.8) is 0 Å². The summed E-state index contributed by atoms with van der Waals surface area (Å²) in [6.45, 7) is 3.67. The lowest BCUT2D eigenvalue weighted by Gasteiger charge is -2.32. The number of hydrogen-bond acceptors (Lipinski definition) is 4. The number of carbonyl (C=O) groups excluding carboxylic acids is 2. The number of benzene rings is 2. The van der Waals surface area contributed by atoms with Crippen molar-refractivity contribution in [3.05, 3.63) is 64.1 Å². The SMILES string of the molecule is CCNC(=O)[C@@H](CC)N(Cc1ccccc1)C(=O)CN(c1cc(Cl)cc(Cl)c1)S(C)(=O)=O. The van der Waals surface area contributed by atoms with E-state index in [1.807, 2.05) is 30.3 Å². The molecule has 0 spiro atoms. The molecule has 10 heteroatoms. The van der Waals surface area contributed by atoms with Gasteiger partial charge in [0.15, 0.2) is 0 Å². The molecule has 0 aromatic heterocycles. The highest BCUT2D eigenvalue weighted by atomic mass is 35.5. The highest BCUT2D eigenvalue weighted by Gasteiger charge is 2.31. The fourth-order valence-corrected chi connectivity index (χ4v) is 4.64. The van der Waals surface area contributed by atoms with E-state index in [0.29, 0.717) is 13.0 Å². The molecule has 32 heavy (non-hydrogen) atoms. The van der Waals surface area contributed by atoms with Gasteiger partial charge in [-0.15, -0.1) is 0 Å². The van der Waals surface area contributed by atoms with Gasteiger partial charge >= 0.3 is 0 Å².